The monoisotopic (exact) mass is 128 g/mol. The van der Waals surface area contributed by atoms with Gasteiger partial charge in [-0.2, -0.15) is 5.34 Å². The van der Waals surface area contributed by atoms with Crippen molar-refractivity contribution < 1.29 is 25.8 Å². The van der Waals surface area contributed by atoms with Gasteiger partial charge in [-0.3, -0.25) is 0 Å². The second-order valence-electron chi connectivity index (χ2n) is 0.0825. The second-order valence-corrected chi connectivity index (χ2v) is 0.742. The van der Waals surface area contributed by atoms with Crippen LogP contribution in [0.3, 0.4) is 0 Å². The van der Waals surface area contributed by atoms with E-state index in [1.54, 1.807) is 0 Å². The van der Waals surface area contributed by atoms with Gasteiger partial charge in [0.15, 0.2) is 0 Å². The van der Waals surface area contributed by atoms with E-state index in [2.05, 4.69) is 23.2 Å². The summed E-state index contributed by atoms with van der Waals surface area (Å²) in [5.41, 5.74) is 0. The fraction of sp³-hybridized carbons (Fsp3) is 0. The van der Waals surface area contributed by atoms with E-state index in [4.69, 9.17) is 0 Å². The fourth-order valence-corrected chi connectivity index (χ4v) is 0. The normalized spacial score (nSPS) is 4.50. The summed E-state index contributed by atoms with van der Waals surface area (Å²) < 4.78 is 0. The van der Waals surface area contributed by atoms with E-state index in [1.165, 1.54) is 0 Å². The van der Waals surface area contributed by atoms with Crippen LogP contribution < -0.4 is 0 Å². The zero-order valence-electron chi connectivity index (χ0n) is 1.91. The molecule has 0 aromatic rings. The molecule has 0 unspecified atom stereocenters. The van der Waals surface area contributed by atoms with Crippen molar-refractivity contribution in [2.75, 3.05) is 0 Å². The molecular formula is CHCl2Sc-. The Bertz CT molecular complexity index is 6.00. The molecule has 1 radical (unpaired) electrons. The minimum atomic E-state index is 0. The summed E-state index contributed by atoms with van der Waals surface area (Å²) in [7, 11) is 0. The zero-order valence-corrected chi connectivity index (χ0v) is 5.23. The number of hydrogen-bond acceptors (Lipinski definition) is 0. The van der Waals surface area contributed by atoms with Gasteiger partial charge in [0.05, 0.1) is 0 Å². The average molecular weight is 129 g/mol. The third-order valence-corrected chi connectivity index (χ3v) is 0. The van der Waals surface area contributed by atoms with Crippen LogP contribution in [0.4, 0.5) is 0 Å². The van der Waals surface area contributed by atoms with E-state index in [9.17, 15) is 0 Å². The van der Waals surface area contributed by atoms with Gasteiger partial charge in [0.2, 0.25) is 0 Å². The fourth-order valence-electron chi connectivity index (χ4n) is 0. The minimum Gasteiger partial charge on any atom is -0.333 e. The van der Waals surface area contributed by atoms with Crippen molar-refractivity contribution in [1.82, 2.24) is 0 Å². The van der Waals surface area contributed by atoms with Crippen molar-refractivity contribution in [2.45, 2.75) is 0 Å². The Morgan fingerprint density at radius 2 is 1.25 bits per heavy atom. The van der Waals surface area contributed by atoms with Crippen molar-refractivity contribution in [2.24, 2.45) is 0 Å². The van der Waals surface area contributed by atoms with Gasteiger partial charge >= 0.3 is 0 Å². The van der Waals surface area contributed by atoms with Crippen molar-refractivity contribution >= 4 is 23.2 Å². The molecule has 0 saturated carbocycles. The largest absolute Gasteiger partial charge is 0.333 e. The molecule has 0 nitrogen and oxygen atoms in total. The summed E-state index contributed by atoms with van der Waals surface area (Å²) in [6.45, 7) is 0. The van der Waals surface area contributed by atoms with Crippen molar-refractivity contribution in [3.63, 3.8) is 0 Å². The van der Waals surface area contributed by atoms with E-state index in [-0.39, 0.29) is 25.8 Å². The Labute approximate surface area is 54.3 Å². The topological polar surface area (TPSA) is 0 Å². The van der Waals surface area contributed by atoms with Crippen LogP contribution in [-0.4, -0.2) is 0 Å². The van der Waals surface area contributed by atoms with Gasteiger partial charge in [-0.1, -0.05) is 0 Å². The van der Waals surface area contributed by atoms with Crippen LogP contribution in [0.25, 0.3) is 0 Å². The van der Waals surface area contributed by atoms with E-state index < -0.39 is 0 Å². The molecule has 0 aliphatic carbocycles. The molecule has 0 amide bonds. The maximum atomic E-state index is 4.64. The predicted octanol–water partition coefficient (Wildman–Crippen LogP) is 1.58. The molecule has 0 N–H and O–H groups in total. The van der Waals surface area contributed by atoms with Crippen molar-refractivity contribution in [3.05, 3.63) is 5.34 Å². The van der Waals surface area contributed by atoms with Gasteiger partial charge in [-0.15, -0.1) is 0 Å². The first-order valence-corrected chi connectivity index (χ1v) is 1.31. The molecule has 23 valence electrons. The molecule has 0 rings (SSSR count). The Hall–Kier alpha value is 1.45. The molecule has 4 heavy (non-hydrogen) atoms. The molecule has 0 bridgehead atoms. The van der Waals surface area contributed by atoms with Crippen molar-refractivity contribution in [3.8, 4) is 0 Å². The summed E-state index contributed by atoms with van der Waals surface area (Å²) in [5, 5.41) is 0.944. The zero-order chi connectivity index (χ0) is 2.71. The van der Waals surface area contributed by atoms with E-state index in [0.717, 1.165) is 5.34 Å². The molecule has 0 atom stereocenters. The summed E-state index contributed by atoms with van der Waals surface area (Å²) in [6.07, 6.45) is 0. The first-order valence-electron chi connectivity index (χ1n) is 0.436. The van der Waals surface area contributed by atoms with Gasteiger partial charge in [-0.25, -0.2) is 0 Å². The smallest absolute Gasteiger partial charge is 0 e. The number of hydrogen-bond donors (Lipinski definition) is 0. The summed E-state index contributed by atoms with van der Waals surface area (Å²) in [4.78, 5) is 0. The Morgan fingerprint density at radius 1 is 1.25 bits per heavy atom. The van der Waals surface area contributed by atoms with Crippen LogP contribution in [-0.2, 0) is 25.8 Å². The molecule has 0 aliphatic rings. The molecule has 0 saturated heterocycles. The van der Waals surface area contributed by atoms with Crippen LogP contribution in [0, 0.1) is 5.34 Å². The Kier molecular flexibility index (Phi) is 20.0. The third kappa shape index (κ3) is 9.85. The SMILES string of the molecule is Cl[CH-]Cl.[Sc]. The Morgan fingerprint density at radius 3 is 1.25 bits per heavy atom. The van der Waals surface area contributed by atoms with Gasteiger partial charge < -0.3 is 23.2 Å². The third-order valence-electron chi connectivity index (χ3n) is 0. The van der Waals surface area contributed by atoms with E-state index in [1.807, 2.05) is 0 Å². The number of halogens is 2. The molecule has 0 fully saturated rings. The summed E-state index contributed by atoms with van der Waals surface area (Å²) in [6, 6.07) is 0. The van der Waals surface area contributed by atoms with Crippen LogP contribution in [0.2, 0.25) is 0 Å². The summed E-state index contributed by atoms with van der Waals surface area (Å²) >= 11 is 9.28. The molecular weight excluding hydrogens is 128 g/mol. The molecule has 3 heteroatoms. The van der Waals surface area contributed by atoms with Crippen LogP contribution in [0.15, 0.2) is 0 Å². The molecule has 0 heterocycles. The predicted molar refractivity (Wildman–Crippen MR) is 16.0 cm³/mol. The Balaban J connectivity index is 0. The first kappa shape index (κ1) is 9.07. The summed E-state index contributed by atoms with van der Waals surface area (Å²) in [5.74, 6) is 0. The molecule has 0 aromatic carbocycles. The average Bonchev–Trinajstić information content (AvgIpc) is 0.918. The van der Waals surface area contributed by atoms with Crippen LogP contribution in [0.1, 0.15) is 0 Å². The maximum Gasteiger partial charge on any atom is 0 e. The minimum absolute atomic E-state index is 0. The number of rotatable bonds is 0. The van der Waals surface area contributed by atoms with Gasteiger partial charge in [0.25, 0.3) is 0 Å². The van der Waals surface area contributed by atoms with E-state index in [0.29, 0.717) is 0 Å². The van der Waals surface area contributed by atoms with Gasteiger partial charge in [0.1, 0.15) is 0 Å². The van der Waals surface area contributed by atoms with Crippen LogP contribution >= 0.6 is 23.2 Å². The van der Waals surface area contributed by atoms with Crippen molar-refractivity contribution in [1.29, 1.82) is 0 Å². The first-order chi connectivity index (χ1) is 1.41. The quantitative estimate of drug-likeness (QED) is 0.435. The molecule has 0 aromatic heterocycles. The van der Waals surface area contributed by atoms with Crippen LogP contribution in [0.5, 0.6) is 0 Å². The molecule has 0 aliphatic heterocycles. The van der Waals surface area contributed by atoms with Gasteiger partial charge in [-0.05, 0) is 0 Å². The second kappa shape index (κ2) is 8.82. The standard InChI is InChI=1S/CHCl2.Sc/c2-1-3;/h1H;/q-1;. The van der Waals surface area contributed by atoms with Gasteiger partial charge in [0, 0.05) is 25.8 Å². The van der Waals surface area contributed by atoms with E-state index >= 15 is 0 Å². The maximum absolute atomic E-state index is 4.64. The molecule has 0 spiro atoms.